The molecular formula is C13H19N3O2. The maximum atomic E-state index is 9.48. The highest BCUT2D eigenvalue weighted by molar-refractivity contribution is 5.97. The van der Waals surface area contributed by atoms with E-state index >= 15 is 0 Å². The highest BCUT2D eigenvalue weighted by Gasteiger charge is 2.20. The number of aliphatic hydroxyl groups excluding tert-OH is 1. The third-order valence-electron chi connectivity index (χ3n) is 3.21. The molecule has 1 aliphatic heterocycles. The minimum Gasteiger partial charge on any atom is -0.496 e. The lowest BCUT2D eigenvalue weighted by Crippen LogP contribution is -2.21. The number of amidine groups is 1. The molecule has 0 aliphatic carbocycles. The quantitative estimate of drug-likeness (QED) is 0.537. The minimum atomic E-state index is -0.205. The predicted molar refractivity (Wildman–Crippen MR) is 69.9 cm³/mol. The van der Waals surface area contributed by atoms with Crippen LogP contribution < -0.4 is 10.5 Å². The van der Waals surface area contributed by atoms with E-state index in [0.29, 0.717) is 11.3 Å². The molecule has 0 radical (unpaired) electrons. The number of benzene rings is 1. The molecule has 1 saturated heterocycles. The third-order valence-corrected chi connectivity index (χ3v) is 3.21. The van der Waals surface area contributed by atoms with Gasteiger partial charge in [-0.05, 0) is 24.1 Å². The first-order chi connectivity index (χ1) is 8.60. The molecule has 0 aromatic heterocycles. The van der Waals surface area contributed by atoms with Gasteiger partial charge >= 0.3 is 0 Å². The second-order valence-electron chi connectivity index (χ2n) is 4.63. The summed E-state index contributed by atoms with van der Waals surface area (Å²) in [5, 5.41) is 16.9. The molecule has 5 heteroatoms. The number of nitrogens with two attached hydrogens (primary N) is 1. The number of nitrogen functional groups attached to an aromatic ring is 1. The molecule has 1 atom stereocenters. The Morgan fingerprint density at radius 1 is 1.61 bits per heavy atom. The van der Waals surface area contributed by atoms with E-state index in [4.69, 9.17) is 15.9 Å². The van der Waals surface area contributed by atoms with Crippen LogP contribution in [0, 0.1) is 5.41 Å². The number of likely N-dealkylation sites (tertiary alicyclic amines) is 1. The van der Waals surface area contributed by atoms with E-state index in [2.05, 4.69) is 4.90 Å². The summed E-state index contributed by atoms with van der Waals surface area (Å²) in [5.41, 5.74) is 7.20. The monoisotopic (exact) mass is 249 g/mol. The fourth-order valence-corrected chi connectivity index (χ4v) is 2.27. The Kier molecular flexibility index (Phi) is 3.84. The van der Waals surface area contributed by atoms with Gasteiger partial charge in [-0.1, -0.05) is 6.07 Å². The van der Waals surface area contributed by atoms with E-state index in [9.17, 15) is 5.11 Å². The Labute approximate surface area is 107 Å². The normalized spacial score (nSPS) is 20.0. The molecular weight excluding hydrogens is 230 g/mol. The molecule has 1 heterocycles. The van der Waals surface area contributed by atoms with Crippen molar-refractivity contribution in [2.45, 2.75) is 19.1 Å². The lowest BCUT2D eigenvalue weighted by Gasteiger charge is -2.16. The molecule has 0 amide bonds. The molecule has 0 saturated carbocycles. The molecule has 1 aromatic carbocycles. The van der Waals surface area contributed by atoms with E-state index in [1.165, 1.54) is 0 Å². The number of methoxy groups -OCH3 is 1. The summed E-state index contributed by atoms with van der Waals surface area (Å²) in [6.07, 6.45) is 0.631. The highest BCUT2D eigenvalue weighted by atomic mass is 16.5. The molecule has 1 fully saturated rings. The molecule has 98 valence electrons. The van der Waals surface area contributed by atoms with Gasteiger partial charge in [-0.2, -0.15) is 0 Å². The van der Waals surface area contributed by atoms with Crippen LogP contribution in [-0.4, -0.2) is 42.1 Å². The van der Waals surface area contributed by atoms with Crippen molar-refractivity contribution in [1.29, 1.82) is 5.41 Å². The maximum Gasteiger partial charge on any atom is 0.130 e. The first-order valence-electron chi connectivity index (χ1n) is 6.02. The fraction of sp³-hybridized carbons (Fsp3) is 0.462. The molecule has 2 rings (SSSR count). The highest BCUT2D eigenvalue weighted by Crippen LogP contribution is 2.22. The van der Waals surface area contributed by atoms with Crippen LogP contribution in [0.4, 0.5) is 0 Å². The van der Waals surface area contributed by atoms with Crippen molar-refractivity contribution in [1.82, 2.24) is 4.90 Å². The molecule has 4 N–H and O–H groups in total. The Balaban J connectivity index is 2.12. The zero-order valence-corrected chi connectivity index (χ0v) is 10.5. The number of rotatable bonds is 4. The van der Waals surface area contributed by atoms with Gasteiger partial charge in [0.05, 0.1) is 18.8 Å². The maximum absolute atomic E-state index is 9.48. The summed E-state index contributed by atoms with van der Waals surface area (Å²) in [5.74, 6) is 0.634. The van der Waals surface area contributed by atoms with Crippen molar-refractivity contribution in [3.63, 3.8) is 0 Å². The van der Waals surface area contributed by atoms with Crippen LogP contribution >= 0.6 is 0 Å². The van der Waals surface area contributed by atoms with Gasteiger partial charge in [0, 0.05) is 19.6 Å². The lowest BCUT2D eigenvalue weighted by atomic mass is 10.1. The average Bonchev–Trinajstić information content (AvgIpc) is 2.74. The van der Waals surface area contributed by atoms with Crippen LogP contribution in [0.3, 0.4) is 0 Å². The van der Waals surface area contributed by atoms with Gasteiger partial charge in [0.15, 0.2) is 0 Å². The van der Waals surface area contributed by atoms with Gasteiger partial charge in [0.25, 0.3) is 0 Å². The SMILES string of the molecule is COc1cc(CN2CCC(O)C2)ccc1C(=N)N. The van der Waals surface area contributed by atoms with Gasteiger partial charge in [-0.25, -0.2) is 0 Å². The van der Waals surface area contributed by atoms with Crippen molar-refractivity contribution in [2.24, 2.45) is 5.73 Å². The van der Waals surface area contributed by atoms with Crippen molar-refractivity contribution < 1.29 is 9.84 Å². The number of ether oxygens (including phenoxy) is 1. The van der Waals surface area contributed by atoms with Gasteiger partial charge in [0.1, 0.15) is 11.6 Å². The van der Waals surface area contributed by atoms with Gasteiger partial charge in [-0.15, -0.1) is 0 Å². The second kappa shape index (κ2) is 5.37. The Hall–Kier alpha value is -1.59. The minimum absolute atomic E-state index is 0.00925. The van der Waals surface area contributed by atoms with E-state index in [1.54, 1.807) is 7.11 Å². The van der Waals surface area contributed by atoms with Crippen LogP contribution in [0.5, 0.6) is 5.75 Å². The van der Waals surface area contributed by atoms with Crippen LogP contribution in [0.2, 0.25) is 0 Å². The molecule has 1 aromatic rings. The third kappa shape index (κ3) is 2.80. The summed E-state index contributed by atoms with van der Waals surface area (Å²) in [4.78, 5) is 2.20. The number of nitrogens with zero attached hydrogens (tertiary/aromatic N) is 1. The fourth-order valence-electron chi connectivity index (χ4n) is 2.27. The molecule has 1 unspecified atom stereocenters. The Morgan fingerprint density at radius 3 is 2.94 bits per heavy atom. The number of hydrogen-bond donors (Lipinski definition) is 3. The summed E-state index contributed by atoms with van der Waals surface area (Å²) in [7, 11) is 1.57. The van der Waals surface area contributed by atoms with Crippen molar-refractivity contribution >= 4 is 5.84 Å². The van der Waals surface area contributed by atoms with E-state index in [0.717, 1.165) is 31.6 Å². The van der Waals surface area contributed by atoms with Crippen molar-refractivity contribution in [2.75, 3.05) is 20.2 Å². The van der Waals surface area contributed by atoms with Crippen LogP contribution in [0.15, 0.2) is 18.2 Å². The Bertz CT molecular complexity index is 448. The average molecular weight is 249 g/mol. The van der Waals surface area contributed by atoms with Gasteiger partial charge < -0.3 is 15.6 Å². The molecule has 5 nitrogen and oxygen atoms in total. The van der Waals surface area contributed by atoms with Gasteiger partial charge in [-0.3, -0.25) is 10.3 Å². The summed E-state index contributed by atoms with van der Waals surface area (Å²) < 4.78 is 5.24. The zero-order chi connectivity index (χ0) is 13.1. The molecule has 1 aliphatic rings. The smallest absolute Gasteiger partial charge is 0.130 e. The number of β-amino-alcohol motifs (C(OH)–C–C–N with tert-alkyl or cyclic N) is 1. The largest absolute Gasteiger partial charge is 0.496 e. The Morgan fingerprint density at radius 2 is 2.39 bits per heavy atom. The van der Waals surface area contributed by atoms with Crippen molar-refractivity contribution in [3.05, 3.63) is 29.3 Å². The van der Waals surface area contributed by atoms with Crippen molar-refractivity contribution in [3.8, 4) is 5.75 Å². The molecule has 18 heavy (non-hydrogen) atoms. The number of hydrogen-bond acceptors (Lipinski definition) is 4. The van der Waals surface area contributed by atoms with Crippen LogP contribution in [0.25, 0.3) is 0 Å². The summed E-state index contributed by atoms with van der Waals surface area (Å²) in [6.45, 7) is 2.42. The first kappa shape index (κ1) is 12.9. The first-order valence-corrected chi connectivity index (χ1v) is 6.02. The topological polar surface area (TPSA) is 82.6 Å². The molecule has 0 bridgehead atoms. The standard InChI is InChI=1S/C13H19N3O2/c1-18-12-6-9(2-3-11(12)13(14)15)7-16-5-4-10(17)8-16/h2-3,6,10,17H,4-5,7-8H2,1H3,(H3,14,15). The molecule has 0 spiro atoms. The summed E-state index contributed by atoms with van der Waals surface area (Å²) >= 11 is 0. The number of nitrogens with one attached hydrogen (secondary N) is 1. The van der Waals surface area contributed by atoms with E-state index in [1.807, 2.05) is 18.2 Å². The second-order valence-corrected chi connectivity index (χ2v) is 4.63. The lowest BCUT2D eigenvalue weighted by molar-refractivity contribution is 0.175. The van der Waals surface area contributed by atoms with E-state index < -0.39 is 0 Å². The zero-order valence-electron chi connectivity index (χ0n) is 10.5. The predicted octanol–water partition coefficient (Wildman–Crippen LogP) is 0.546. The van der Waals surface area contributed by atoms with Crippen LogP contribution in [-0.2, 0) is 6.54 Å². The van der Waals surface area contributed by atoms with Crippen LogP contribution in [0.1, 0.15) is 17.5 Å². The number of aliphatic hydroxyl groups is 1. The van der Waals surface area contributed by atoms with Gasteiger partial charge in [0.2, 0.25) is 0 Å². The summed E-state index contributed by atoms with van der Waals surface area (Å²) in [6, 6.07) is 5.66. The van der Waals surface area contributed by atoms with E-state index in [-0.39, 0.29) is 11.9 Å².